The Morgan fingerprint density at radius 1 is 1.10 bits per heavy atom. The minimum atomic E-state index is -3.92. The van der Waals surface area contributed by atoms with Gasteiger partial charge in [-0.3, -0.25) is 24.0 Å². The number of fused-ring (bicyclic) bond motifs is 3. The van der Waals surface area contributed by atoms with Crippen molar-refractivity contribution < 1.29 is 46.3 Å². The normalized spacial score (nSPS) is 28.1. The number of carbonyl (C=O) groups is 5. The van der Waals surface area contributed by atoms with Gasteiger partial charge in [0.1, 0.15) is 29.5 Å². The van der Waals surface area contributed by atoms with Crippen molar-refractivity contribution in [3.05, 3.63) is 47.3 Å². The molecule has 14 nitrogen and oxygen atoms in total. The number of benzene rings is 1. The van der Waals surface area contributed by atoms with Crippen molar-refractivity contribution in [3.63, 3.8) is 0 Å². The molecule has 2 saturated carbocycles. The highest BCUT2D eigenvalue weighted by Gasteiger charge is 2.62. The van der Waals surface area contributed by atoms with E-state index in [0.717, 1.165) is 12.8 Å². The first-order valence-electron chi connectivity index (χ1n) is 17.8. The van der Waals surface area contributed by atoms with Crippen LogP contribution in [0.1, 0.15) is 82.8 Å². The number of allylic oxidation sites excluding steroid dienone is 1. The summed E-state index contributed by atoms with van der Waals surface area (Å²) in [5.74, 6) is -2.98. The number of nitrogens with zero attached hydrogens (tertiary/aromatic N) is 2. The Bertz CT molecular complexity index is 1700. The number of ether oxygens (including phenoxy) is 2. The lowest BCUT2D eigenvalue weighted by atomic mass is 10.0. The van der Waals surface area contributed by atoms with E-state index in [1.165, 1.54) is 15.9 Å². The van der Waals surface area contributed by atoms with Gasteiger partial charge in [0.2, 0.25) is 21.8 Å². The van der Waals surface area contributed by atoms with Gasteiger partial charge in [-0.25, -0.2) is 22.4 Å². The standard InChI is InChI=1S/C35H46FN5O9S/c1-21(2)20-49-33(45)37-28-12-7-5-3-4-6-10-23-16-35(23,32(44)39-51(47,48)25-13-14-25)38-30(42)29-15-24(18-41(29)31(28)43)50-34(46)40-17-22-9-8-11-27(36)26(22)19-40/h6,8-11,21,23-25,28-29H,3-5,7,12-20H2,1-2H3,(H,37,45)(H,38,42)(H,39,44)/t23-,24-,28+,29+,35-/m1/s1. The lowest BCUT2D eigenvalue weighted by molar-refractivity contribution is -0.141. The first-order chi connectivity index (χ1) is 24.3. The van der Waals surface area contributed by atoms with Crippen LogP contribution in [0, 0.1) is 17.7 Å². The number of halogens is 1. The molecule has 1 aromatic carbocycles. The molecule has 0 aromatic heterocycles. The lowest BCUT2D eigenvalue weighted by Gasteiger charge is -2.29. The molecule has 5 atom stereocenters. The van der Waals surface area contributed by atoms with Crippen LogP contribution in [-0.4, -0.2) is 90.3 Å². The molecule has 1 aromatic rings. The zero-order chi connectivity index (χ0) is 36.5. The Morgan fingerprint density at radius 2 is 1.88 bits per heavy atom. The van der Waals surface area contributed by atoms with Crippen LogP contribution in [0.5, 0.6) is 0 Å². The third kappa shape index (κ3) is 8.31. The number of nitrogens with one attached hydrogen (secondary N) is 3. The first kappa shape index (κ1) is 36.6. The zero-order valence-electron chi connectivity index (χ0n) is 28.9. The van der Waals surface area contributed by atoms with Gasteiger partial charge in [0, 0.05) is 24.4 Å². The van der Waals surface area contributed by atoms with Crippen LogP contribution >= 0.6 is 0 Å². The monoisotopic (exact) mass is 731 g/mol. The molecular formula is C35H46FN5O9S. The minimum absolute atomic E-state index is 0.000898. The van der Waals surface area contributed by atoms with Gasteiger partial charge in [0.15, 0.2) is 0 Å². The van der Waals surface area contributed by atoms with E-state index in [9.17, 15) is 36.8 Å². The molecule has 0 spiro atoms. The Kier molecular flexibility index (Phi) is 10.6. The number of rotatable bonds is 7. The predicted molar refractivity (Wildman–Crippen MR) is 180 cm³/mol. The molecule has 3 heterocycles. The molecule has 6 rings (SSSR count). The van der Waals surface area contributed by atoms with Crippen molar-refractivity contribution >= 4 is 39.9 Å². The summed E-state index contributed by atoms with van der Waals surface area (Å²) in [4.78, 5) is 70.6. The molecule has 3 N–H and O–H groups in total. The van der Waals surface area contributed by atoms with E-state index in [2.05, 4.69) is 15.4 Å². The van der Waals surface area contributed by atoms with E-state index >= 15 is 0 Å². The summed E-state index contributed by atoms with van der Waals surface area (Å²) in [6.07, 6.45) is 5.19. The Labute approximate surface area is 296 Å². The summed E-state index contributed by atoms with van der Waals surface area (Å²) in [5, 5.41) is 4.79. The van der Waals surface area contributed by atoms with Crippen LogP contribution < -0.4 is 15.4 Å². The molecule has 0 radical (unpaired) electrons. The number of sulfonamides is 1. The van der Waals surface area contributed by atoms with Crippen molar-refractivity contribution in [1.29, 1.82) is 0 Å². The molecule has 3 aliphatic heterocycles. The van der Waals surface area contributed by atoms with Crippen molar-refractivity contribution in [2.45, 2.75) is 114 Å². The molecule has 3 fully saturated rings. The van der Waals surface area contributed by atoms with Crippen molar-refractivity contribution in [3.8, 4) is 0 Å². The third-order valence-electron chi connectivity index (χ3n) is 10.1. The molecule has 0 unspecified atom stereocenters. The molecule has 278 valence electrons. The fourth-order valence-electron chi connectivity index (χ4n) is 7.00. The summed E-state index contributed by atoms with van der Waals surface area (Å²) >= 11 is 0. The topological polar surface area (TPSA) is 181 Å². The van der Waals surface area contributed by atoms with E-state index in [0.29, 0.717) is 36.8 Å². The lowest BCUT2D eigenvalue weighted by Crippen LogP contribution is -2.58. The molecule has 5 amide bonds. The Morgan fingerprint density at radius 3 is 2.61 bits per heavy atom. The third-order valence-corrected chi connectivity index (χ3v) is 12.0. The van der Waals surface area contributed by atoms with E-state index in [1.54, 1.807) is 12.1 Å². The van der Waals surface area contributed by atoms with Crippen LogP contribution in [0.4, 0.5) is 14.0 Å². The van der Waals surface area contributed by atoms with Gasteiger partial charge in [-0.2, -0.15) is 0 Å². The van der Waals surface area contributed by atoms with Crippen LogP contribution in [-0.2, 0) is 47.0 Å². The second-order valence-corrected chi connectivity index (χ2v) is 16.6. The highest BCUT2D eigenvalue weighted by molar-refractivity contribution is 7.91. The number of hydrogen-bond acceptors (Lipinski definition) is 9. The molecule has 1 saturated heterocycles. The SMILES string of the molecule is CC(C)COC(=O)N[C@H]1CCCCCC=C[C@@H]2C[C@@]2(C(=O)NS(=O)(=O)C2CC2)NC(=O)[C@@H]2C[C@@H](OC(=O)N3Cc4cccc(F)c4C3)CN2C1=O. The second-order valence-electron chi connectivity index (χ2n) is 14.7. The fraction of sp³-hybridized carbons (Fsp3) is 0.629. The summed E-state index contributed by atoms with van der Waals surface area (Å²) < 4.78 is 53.1. The van der Waals surface area contributed by atoms with E-state index in [4.69, 9.17) is 9.47 Å². The summed E-state index contributed by atoms with van der Waals surface area (Å²) in [7, 11) is -3.92. The number of amides is 5. The van der Waals surface area contributed by atoms with Gasteiger partial charge >= 0.3 is 12.2 Å². The Balaban J connectivity index is 1.24. The molecule has 2 aliphatic carbocycles. The summed E-state index contributed by atoms with van der Waals surface area (Å²) in [6.45, 7) is 3.84. The van der Waals surface area contributed by atoms with Gasteiger partial charge < -0.3 is 25.0 Å². The second kappa shape index (κ2) is 14.8. The maximum atomic E-state index is 14.4. The smallest absolute Gasteiger partial charge is 0.410 e. The number of carbonyl (C=O) groups excluding carboxylic acids is 5. The number of hydrogen-bond donors (Lipinski definition) is 3. The minimum Gasteiger partial charge on any atom is -0.449 e. The van der Waals surface area contributed by atoms with Gasteiger partial charge in [-0.15, -0.1) is 0 Å². The van der Waals surface area contributed by atoms with Crippen LogP contribution in [0.15, 0.2) is 30.4 Å². The highest BCUT2D eigenvalue weighted by Crippen LogP contribution is 2.46. The molecule has 5 aliphatic rings. The van der Waals surface area contributed by atoms with Gasteiger partial charge in [0.25, 0.3) is 5.91 Å². The molecule has 0 bridgehead atoms. The van der Waals surface area contributed by atoms with Crippen LogP contribution in [0.2, 0.25) is 0 Å². The van der Waals surface area contributed by atoms with Crippen molar-refractivity contribution in [2.75, 3.05) is 13.2 Å². The largest absolute Gasteiger partial charge is 0.449 e. The van der Waals surface area contributed by atoms with Crippen molar-refractivity contribution in [1.82, 2.24) is 25.2 Å². The van der Waals surface area contributed by atoms with Crippen LogP contribution in [0.3, 0.4) is 0 Å². The fourth-order valence-corrected chi connectivity index (χ4v) is 8.36. The summed E-state index contributed by atoms with van der Waals surface area (Å²) in [5.41, 5.74) is -0.510. The highest BCUT2D eigenvalue weighted by atomic mass is 32.2. The van der Waals surface area contributed by atoms with E-state index in [1.807, 2.05) is 26.0 Å². The van der Waals surface area contributed by atoms with Crippen molar-refractivity contribution in [2.24, 2.45) is 11.8 Å². The quantitative estimate of drug-likeness (QED) is 0.356. The molecule has 16 heteroatoms. The van der Waals surface area contributed by atoms with Gasteiger partial charge in [0.05, 0.1) is 24.9 Å². The maximum Gasteiger partial charge on any atom is 0.410 e. The van der Waals surface area contributed by atoms with Crippen LogP contribution in [0.25, 0.3) is 0 Å². The molecular weight excluding hydrogens is 685 g/mol. The zero-order valence-corrected chi connectivity index (χ0v) is 29.7. The number of alkyl carbamates (subject to hydrolysis) is 1. The predicted octanol–water partition coefficient (Wildman–Crippen LogP) is 3.00. The first-order valence-corrected chi connectivity index (χ1v) is 19.3. The summed E-state index contributed by atoms with van der Waals surface area (Å²) in [6, 6.07) is 2.33. The average molecular weight is 732 g/mol. The van der Waals surface area contributed by atoms with Gasteiger partial charge in [-0.1, -0.05) is 51.0 Å². The maximum absolute atomic E-state index is 14.4. The Hall–Kier alpha value is -4.21. The van der Waals surface area contributed by atoms with E-state index in [-0.39, 0.29) is 51.4 Å². The van der Waals surface area contributed by atoms with Gasteiger partial charge in [-0.05, 0) is 56.1 Å². The average Bonchev–Trinajstić information content (AvgIpc) is 3.96. The molecule has 51 heavy (non-hydrogen) atoms. The van der Waals surface area contributed by atoms with E-state index < -0.39 is 80.6 Å².